The summed E-state index contributed by atoms with van der Waals surface area (Å²) in [4.78, 5) is 0. The summed E-state index contributed by atoms with van der Waals surface area (Å²) in [6, 6.07) is 9.49. The molecule has 0 aromatic heterocycles. The highest BCUT2D eigenvalue weighted by molar-refractivity contribution is 5.35. The topological polar surface area (TPSA) is 136 Å². The molecule has 0 bridgehead atoms. The summed E-state index contributed by atoms with van der Waals surface area (Å²) in [7, 11) is 0. The van der Waals surface area contributed by atoms with Crippen molar-refractivity contribution in [2.24, 2.45) is 0 Å². The van der Waals surface area contributed by atoms with Crippen molar-refractivity contribution in [2.45, 2.75) is 30.7 Å². The molecule has 7 heteroatoms. The summed E-state index contributed by atoms with van der Waals surface area (Å²) in [5.41, 5.74) is 6.18. The summed E-state index contributed by atoms with van der Waals surface area (Å²) in [5.74, 6) is 0. The Balaban J connectivity index is 0.000000218. The first-order valence-electron chi connectivity index (χ1n) is 5.76. The molecule has 7 N–H and O–H groups in total. The van der Waals surface area contributed by atoms with E-state index in [2.05, 4.69) is 4.74 Å². The Kier molecular flexibility index (Phi) is 6.16. The molecule has 0 spiro atoms. The second-order valence-corrected chi connectivity index (χ2v) is 4.13. The van der Waals surface area contributed by atoms with E-state index in [1.807, 2.05) is 30.3 Å². The Labute approximate surface area is 110 Å². The van der Waals surface area contributed by atoms with Crippen LogP contribution in [0.2, 0.25) is 0 Å². The molecule has 0 saturated carbocycles. The van der Waals surface area contributed by atoms with Crippen molar-refractivity contribution in [3.8, 4) is 0 Å². The molecular formula is C12H19NO6. The van der Waals surface area contributed by atoms with Crippen molar-refractivity contribution < 1.29 is 30.3 Å². The maximum Gasteiger partial charge on any atom is 0.184 e. The summed E-state index contributed by atoms with van der Waals surface area (Å²) < 4.78 is 4.58. The van der Waals surface area contributed by atoms with Gasteiger partial charge in [0.25, 0.3) is 0 Å². The second-order valence-electron chi connectivity index (χ2n) is 4.13. The third kappa shape index (κ3) is 4.43. The molecular weight excluding hydrogens is 254 g/mol. The largest absolute Gasteiger partial charge is 0.399 e. The Hall–Kier alpha value is -1.22. The van der Waals surface area contributed by atoms with Crippen molar-refractivity contribution >= 4 is 5.69 Å². The third-order valence-corrected chi connectivity index (χ3v) is 2.67. The monoisotopic (exact) mass is 273 g/mol. The van der Waals surface area contributed by atoms with E-state index < -0.39 is 37.3 Å². The lowest BCUT2D eigenvalue weighted by Gasteiger charge is -2.37. The summed E-state index contributed by atoms with van der Waals surface area (Å²) >= 11 is 0. The van der Waals surface area contributed by atoms with Gasteiger partial charge in [-0.25, -0.2) is 0 Å². The number of anilines is 1. The molecule has 19 heavy (non-hydrogen) atoms. The predicted molar refractivity (Wildman–Crippen MR) is 66.8 cm³/mol. The highest BCUT2D eigenvalue weighted by Crippen LogP contribution is 2.18. The Morgan fingerprint density at radius 2 is 1.53 bits per heavy atom. The van der Waals surface area contributed by atoms with Crippen molar-refractivity contribution in [1.29, 1.82) is 0 Å². The van der Waals surface area contributed by atoms with E-state index >= 15 is 0 Å². The van der Waals surface area contributed by atoms with Crippen LogP contribution in [0.5, 0.6) is 0 Å². The summed E-state index contributed by atoms with van der Waals surface area (Å²) in [6.07, 6.45) is -7.04. The van der Waals surface area contributed by atoms with Crippen molar-refractivity contribution in [2.75, 3.05) is 12.3 Å². The van der Waals surface area contributed by atoms with Crippen LogP contribution in [0.1, 0.15) is 0 Å². The fourth-order valence-corrected chi connectivity index (χ4v) is 1.53. The molecule has 5 atom stereocenters. The van der Waals surface area contributed by atoms with Crippen LogP contribution in [-0.2, 0) is 4.74 Å². The molecule has 1 aromatic rings. The van der Waals surface area contributed by atoms with Gasteiger partial charge in [-0.3, -0.25) is 0 Å². The molecule has 1 aliphatic heterocycles. The van der Waals surface area contributed by atoms with Crippen LogP contribution in [0.3, 0.4) is 0 Å². The van der Waals surface area contributed by atoms with Gasteiger partial charge in [0.15, 0.2) is 6.29 Å². The lowest BCUT2D eigenvalue weighted by molar-refractivity contribution is -0.286. The molecule has 108 valence electrons. The first-order chi connectivity index (χ1) is 8.97. The van der Waals surface area contributed by atoms with E-state index in [9.17, 15) is 0 Å². The zero-order valence-corrected chi connectivity index (χ0v) is 10.2. The van der Waals surface area contributed by atoms with Crippen LogP contribution in [0.25, 0.3) is 0 Å². The number of ether oxygens (including phenoxy) is 1. The number of aliphatic hydroxyl groups excluding tert-OH is 5. The molecule has 1 saturated heterocycles. The lowest BCUT2D eigenvalue weighted by atomic mass is 10.00. The molecule has 1 heterocycles. The van der Waals surface area contributed by atoms with Gasteiger partial charge in [0, 0.05) is 5.69 Å². The molecule has 1 aromatic carbocycles. The number of nitrogen functional groups attached to an aromatic ring is 1. The van der Waals surface area contributed by atoms with E-state index in [1.165, 1.54) is 0 Å². The quantitative estimate of drug-likeness (QED) is 0.327. The summed E-state index contributed by atoms with van der Waals surface area (Å²) in [5, 5.41) is 44.7. The van der Waals surface area contributed by atoms with E-state index in [1.54, 1.807) is 0 Å². The van der Waals surface area contributed by atoms with E-state index in [0.29, 0.717) is 0 Å². The average molecular weight is 273 g/mol. The number of aliphatic hydroxyl groups is 5. The SMILES string of the molecule is Nc1ccccc1.OC[C@H]1OC(O)[C@@H](O)[C@@H](O)[C@@H]1O. The van der Waals surface area contributed by atoms with Gasteiger partial charge in [-0.15, -0.1) is 0 Å². The minimum Gasteiger partial charge on any atom is -0.399 e. The fourth-order valence-electron chi connectivity index (χ4n) is 1.53. The Morgan fingerprint density at radius 1 is 0.947 bits per heavy atom. The third-order valence-electron chi connectivity index (χ3n) is 2.67. The highest BCUT2D eigenvalue weighted by atomic mass is 16.6. The molecule has 0 aliphatic carbocycles. The zero-order chi connectivity index (χ0) is 14.4. The first kappa shape index (κ1) is 15.8. The number of benzene rings is 1. The van der Waals surface area contributed by atoms with Crippen LogP contribution in [0.4, 0.5) is 5.69 Å². The van der Waals surface area contributed by atoms with Crippen LogP contribution in [0, 0.1) is 0 Å². The van der Waals surface area contributed by atoms with Gasteiger partial charge < -0.3 is 36.0 Å². The highest BCUT2D eigenvalue weighted by Gasteiger charge is 2.42. The predicted octanol–water partition coefficient (Wildman–Crippen LogP) is -1.95. The molecule has 0 amide bonds. The molecule has 2 rings (SSSR count). The fraction of sp³-hybridized carbons (Fsp3) is 0.500. The van der Waals surface area contributed by atoms with Gasteiger partial charge in [0.1, 0.15) is 24.4 Å². The molecule has 1 unspecified atom stereocenters. The maximum absolute atomic E-state index is 9.12. The lowest BCUT2D eigenvalue weighted by Crippen LogP contribution is -2.58. The molecule has 7 nitrogen and oxygen atoms in total. The first-order valence-corrected chi connectivity index (χ1v) is 5.76. The number of rotatable bonds is 1. The standard InChI is InChI=1S/C6H7N.C6H12O6/c7-6-4-2-1-3-5-6;7-1-2-3(8)4(9)5(10)6(11)12-2/h1-5H,7H2;2-11H,1H2/t;2-,3-,4+,5+,6?/m.1/s1. The number of nitrogens with two attached hydrogens (primary N) is 1. The van der Waals surface area contributed by atoms with Crippen molar-refractivity contribution in [3.05, 3.63) is 30.3 Å². The molecule has 1 aliphatic rings. The molecule has 0 radical (unpaired) electrons. The minimum atomic E-state index is -1.57. The Morgan fingerprint density at radius 3 is 1.95 bits per heavy atom. The second kappa shape index (κ2) is 7.39. The smallest absolute Gasteiger partial charge is 0.184 e. The summed E-state index contributed by atoms with van der Waals surface area (Å²) in [6.45, 7) is -0.526. The number of para-hydroxylation sites is 1. The van der Waals surface area contributed by atoms with Gasteiger partial charge >= 0.3 is 0 Å². The van der Waals surface area contributed by atoms with E-state index in [-0.39, 0.29) is 0 Å². The average Bonchev–Trinajstić information content (AvgIpc) is 2.42. The zero-order valence-electron chi connectivity index (χ0n) is 10.2. The number of hydrogen-bond donors (Lipinski definition) is 6. The van der Waals surface area contributed by atoms with Gasteiger partial charge in [0.05, 0.1) is 6.61 Å². The van der Waals surface area contributed by atoms with Crippen molar-refractivity contribution in [1.82, 2.24) is 0 Å². The van der Waals surface area contributed by atoms with Crippen LogP contribution < -0.4 is 5.73 Å². The number of hydrogen-bond acceptors (Lipinski definition) is 7. The van der Waals surface area contributed by atoms with E-state index in [0.717, 1.165) is 5.69 Å². The van der Waals surface area contributed by atoms with Gasteiger partial charge in [-0.05, 0) is 12.1 Å². The normalized spacial score (nSPS) is 34.3. The Bertz CT molecular complexity index is 358. The van der Waals surface area contributed by atoms with Crippen molar-refractivity contribution in [3.63, 3.8) is 0 Å². The van der Waals surface area contributed by atoms with Gasteiger partial charge in [-0.1, -0.05) is 18.2 Å². The van der Waals surface area contributed by atoms with E-state index in [4.69, 9.17) is 31.3 Å². The van der Waals surface area contributed by atoms with Gasteiger partial charge in [0.2, 0.25) is 0 Å². The molecule has 1 fully saturated rings. The van der Waals surface area contributed by atoms with Crippen LogP contribution >= 0.6 is 0 Å². The van der Waals surface area contributed by atoms with Gasteiger partial charge in [-0.2, -0.15) is 0 Å². The minimum absolute atomic E-state index is 0.526. The van der Waals surface area contributed by atoms with Crippen LogP contribution in [0.15, 0.2) is 30.3 Å². The maximum atomic E-state index is 9.12. The van der Waals surface area contributed by atoms with Crippen LogP contribution in [-0.4, -0.2) is 62.8 Å².